The van der Waals surface area contributed by atoms with Gasteiger partial charge in [0.05, 0.1) is 0 Å². The molecule has 6 heteroatoms. The SMILES string of the molecule is CC(C)N(c1[c-]c2c(cc1)-c1ccccc1C2)C(C)C.CC(C)N(c1[c-]c2c(cc1)-c1ccccc1C2)C(C)C.C[C](C)=[Zr+2].C[C](C)=[Zr+2].[C-]1=CC=CC1.[C-]1=CC=CC1.[Cl-].[Cl-]. The molecule has 0 saturated heterocycles. The molecular weight excluding hydrogens is 930 g/mol. The normalized spacial score (nSPS) is 12.3. The molecule has 0 N–H and O–H groups in total. The van der Waals surface area contributed by atoms with Crippen molar-refractivity contribution in [3.8, 4) is 22.3 Å². The number of anilines is 2. The van der Waals surface area contributed by atoms with Crippen LogP contribution in [0.5, 0.6) is 0 Å². The van der Waals surface area contributed by atoms with Crippen LogP contribution in [-0.4, -0.2) is 30.6 Å². The Labute approximate surface area is 408 Å². The summed E-state index contributed by atoms with van der Waals surface area (Å²) in [5.74, 6) is 0. The third-order valence-corrected chi connectivity index (χ3v) is 9.33. The van der Waals surface area contributed by atoms with Crippen molar-refractivity contribution >= 4 is 17.8 Å². The van der Waals surface area contributed by atoms with Crippen molar-refractivity contribution in [3.05, 3.63) is 156 Å². The molecule has 4 aliphatic carbocycles. The minimum Gasteiger partial charge on any atom is -1.00 e. The summed E-state index contributed by atoms with van der Waals surface area (Å²) < 4.78 is 3.01. The number of nitrogens with zero attached hydrogens (tertiary/aromatic N) is 2. The number of hydrogen-bond acceptors (Lipinski definition) is 2. The van der Waals surface area contributed by atoms with E-state index in [0.717, 1.165) is 25.7 Å². The molecule has 8 rings (SSSR count). The quantitative estimate of drug-likeness (QED) is 0.160. The van der Waals surface area contributed by atoms with Gasteiger partial charge in [0.2, 0.25) is 0 Å². The molecule has 0 fully saturated rings. The molecule has 0 aromatic heterocycles. The minimum atomic E-state index is 0. The van der Waals surface area contributed by atoms with E-state index in [9.17, 15) is 0 Å². The average molecular weight is 996 g/mol. The number of rotatable bonds is 6. The molecule has 0 spiro atoms. The van der Waals surface area contributed by atoms with E-state index in [4.69, 9.17) is 0 Å². The molecule has 0 unspecified atom stereocenters. The van der Waals surface area contributed by atoms with Crippen LogP contribution in [0.15, 0.2) is 109 Å². The summed E-state index contributed by atoms with van der Waals surface area (Å²) in [4.78, 5) is 4.87. The van der Waals surface area contributed by atoms with Gasteiger partial charge in [-0.2, -0.15) is 36.4 Å². The van der Waals surface area contributed by atoms with Crippen LogP contribution in [0, 0.1) is 24.3 Å². The Kier molecular flexibility index (Phi) is 26.8. The number of halogens is 2. The third-order valence-electron chi connectivity index (χ3n) is 9.33. The predicted octanol–water partition coefficient (Wildman–Crippen LogP) is 7.47. The molecule has 0 saturated carbocycles. The van der Waals surface area contributed by atoms with Crippen LogP contribution in [0.3, 0.4) is 0 Å². The molecule has 316 valence electrons. The van der Waals surface area contributed by atoms with Crippen molar-refractivity contribution in [2.75, 3.05) is 9.80 Å². The van der Waals surface area contributed by atoms with Gasteiger partial charge in [0.1, 0.15) is 0 Å². The molecule has 0 atom stereocenters. The van der Waals surface area contributed by atoms with Crippen LogP contribution in [0.4, 0.5) is 11.4 Å². The zero-order valence-corrected chi connectivity index (χ0v) is 44.6. The number of hydrogen-bond donors (Lipinski definition) is 0. The van der Waals surface area contributed by atoms with Crippen LogP contribution >= 0.6 is 0 Å². The molecule has 4 aromatic carbocycles. The van der Waals surface area contributed by atoms with Gasteiger partial charge in [0.25, 0.3) is 0 Å². The van der Waals surface area contributed by atoms with E-state index in [-0.39, 0.29) is 24.8 Å². The van der Waals surface area contributed by atoms with Gasteiger partial charge in [-0.25, -0.2) is 24.3 Å². The third kappa shape index (κ3) is 18.1. The molecule has 0 amide bonds. The first kappa shape index (κ1) is 55.5. The van der Waals surface area contributed by atoms with E-state index in [2.05, 4.69) is 202 Å². The van der Waals surface area contributed by atoms with Gasteiger partial charge in [-0.05, 0) is 68.2 Å². The van der Waals surface area contributed by atoms with Crippen LogP contribution in [0.2, 0.25) is 0 Å². The molecular formula is C54H66Cl2N2Zr2-2. The molecule has 2 nitrogen and oxygen atoms in total. The summed E-state index contributed by atoms with van der Waals surface area (Å²) in [5, 5.41) is 0. The molecule has 60 heavy (non-hydrogen) atoms. The monoisotopic (exact) mass is 992 g/mol. The first-order valence-electron chi connectivity index (χ1n) is 20.9. The Balaban J connectivity index is 0.000000417. The zero-order valence-electron chi connectivity index (χ0n) is 38.2. The summed E-state index contributed by atoms with van der Waals surface area (Å²) in [7, 11) is 0. The van der Waals surface area contributed by atoms with E-state index in [0.29, 0.717) is 24.2 Å². The van der Waals surface area contributed by atoms with E-state index in [1.807, 2.05) is 24.3 Å². The van der Waals surface area contributed by atoms with Gasteiger partial charge < -0.3 is 34.6 Å². The summed E-state index contributed by atoms with van der Waals surface area (Å²) in [5.41, 5.74) is 13.5. The van der Waals surface area contributed by atoms with Gasteiger partial charge in [-0.1, -0.05) is 82.2 Å². The molecule has 4 aliphatic rings. The van der Waals surface area contributed by atoms with Crippen molar-refractivity contribution in [2.24, 2.45) is 0 Å². The van der Waals surface area contributed by atoms with Gasteiger partial charge >= 0.3 is 82.6 Å². The maximum absolute atomic E-state index is 3.66. The van der Waals surface area contributed by atoms with Gasteiger partial charge in [-0.15, -0.1) is 47.2 Å². The van der Waals surface area contributed by atoms with Crippen molar-refractivity contribution in [2.45, 2.75) is 133 Å². The van der Waals surface area contributed by atoms with Crippen molar-refractivity contribution < 1.29 is 73.3 Å². The summed E-state index contributed by atoms with van der Waals surface area (Å²) in [6, 6.07) is 35.7. The number of benzene rings is 4. The second kappa shape index (κ2) is 29.0. The second-order valence-electron chi connectivity index (χ2n) is 16.3. The van der Waals surface area contributed by atoms with E-state index in [1.165, 1.54) is 62.3 Å². The largest absolute Gasteiger partial charge is 1.00 e. The van der Waals surface area contributed by atoms with Gasteiger partial charge in [0.15, 0.2) is 0 Å². The fourth-order valence-corrected chi connectivity index (χ4v) is 7.38. The van der Waals surface area contributed by atoms with Crippen molar-refractivity contribution in [1.82, 2.24) is 0 Å². The Morgan fingerprint density at radius 2 is 0.800 bits per heavy atom. The Hall–Kier alpha value is -2.47. The van der Waals surface area contributed by atoms with Crippen LogP contribution in [0.1, 0.15) is 118 Å². The Bertz CT molecular complexity index is 1860. The Morgan fingerprint density at radius 3 is 1.05 bits per heavy atom. The fraction of sp³-hybridized carbons (Fsp3) is 0.370. The molecule has 0 heterocycles. The predicted molar refractivity (Wildman–Crippen MR) is 248 cm³/mol. The Morgan fingerprint density at radius 1 is 0.483 bits per heavy atom. The van der Waals surface area contributed by atoms with Crippen LogP contribution in [0.25, 0.3) is 22.3 Å². The molecule has 0 radical (unpaired) electrons. The van der Waals surface area contributed by atoms with Crippen LogP contribution in [-0.2, 0) is 61.3 Å². The number of fused-ring (bicyclic) bond motifs is 6. The first-order chi connectivity index (χ1) is 27.6. The first-order valence-corrected chi connectivity index (χ1v) is 23.4. The van der Waals surface area contributed by atoms with Gasteiger partial charge in [-0.3, -0.25) is 12.2 Å². The van der Waals surface area contributed by atoms with Gasteiger partial charge in [0, 0.05) is 24.2 Å². The van der Waals surface area contributed by atoms with Crippen molar-refractivity contribution in [3.63, 3.8) is 0 Å². The minimum absolute atomic E-state index is 0. The maximum Gasteiger partial charge on any atom is -0.109 e. The summed E-state index contributed by atoms with van der Waals surface area (Å²) in [6.45, 7) is 26.5. The smallest absolute Gasteiger partial charge is 0.109 e. The van der Waals surface area contributed by atoms with E-state index < -0.39 is 0 Å². The summed E-state index contributed by atoms with van der Waals surface area (Å²) in [6.07, 6.45) is 22.0. The van der Waals surface area contributed by atoms with Crippen molar-refractivity contribution in [1.29, 1.82) is 0 Å². The molecule has 4 aromatic rings. The molecule has 0 aliphatic heterocycles. The second-order valence-corrected chi connectivity index (χ2v) is 21.3. The maximum atomic E-state index is 3.66. The van der Waals surface area contributed by atoms with Crippen LogP contribution < -0.4 is 34.6 Å². The van der Waals surface area contributed by atoms with E-state index in [1.54, 1.807) is 48.5 Å². The standard InChI is InChI=1S/2C19H22N.2C5H5.2C3H6.2ClH.2Zr/c2*1-13(2)20(14(3)4)17-9-10-19-16(12-17)11-15-7-5-6-8-18(15)19;2*1-2-4-5-3-1;2*1-3-2;;;;/h2*5-10,13-14H,11H2,1-4H3;2*1-3H,4H2;2*1-2H3;2*1H;;/q4*-1;;;;;2*+2/p-2. The number of allylic oxidation sites excluding steroid dienone is 8. The fourth-order valence-electron chi connectivity index (χ4n) is 7.38. The summed E-state index contributed by atoms with van der Waals surface area (Å²) >= 11 is 3.11. The molecule has 0 bridgehead atoms. The zero-order chi connectivity index (χ0) is 42.8. The topological polar surface area (TPSA) is 6.48 Å². The van der Waals surface area contributed by atoms with E-state index >= 15 is 0 Å². The average Bonchev–Trinajstić information content (AvgIpc) is 3.99.